The van der Waals surface area contributed by atoms with Gasteiger partial charge in [0.1, 0.15) is 17.8 Å². The predicted octanol–water partition coefficient (Wildman–Crippen LogP) is 1.90. The van der Waals surface area contributed by atoms with E-state index in [2.05, 4.69) is 25.2 Å². The molecule has 7 nitrogen and oxygen atoms in total. The third kappa shape index (κ3) is 3.25. The number of anilines is 2. The molecule has 1 amide bonds. The highest BCUT2D eigenvalue weighted by molar-refractivity contribution is 7.15. The SMILES string of the molecule is O=C(Nc1nc2c(s1)CCCC2)c1cc(N2CCOCC2)ncn1. The summed E-state index contributed by atoms with van der Waals surface area (Å²) >= 11 is 1.58. The Kier molecular flexibility index (Phi) is 4.40. The van der Waals surface area contributed by atoms with Gasteiger partial charge in [-0.1, -0.05) is 0 Å². The lowest BCUT2D eigenvalue weighted by molar-refractivity contribution is 0.102. The van der Waals surface area contributed by atoms with Gasteiger partial charge in [0.15, 0.2) is 5.13 Å². The standard InChI is InChI=1S/C16H19N5O2S/c22-15(20-16-19-11-3-1-2-4-13(11)24-16)12-9-14(18-10-17-12)21-5-7-23-8-6-21/h9-10H,1-8H2,(H,19,20,22). The van der Waals surface area contributed by atoms with Crippen LogP contribution in [-0.4, -0.2) is 47.2 Å². The maximum absolute atomic E-state index is 12.5. The van der Waals surface area contributed by atoms with Crippen LogP contribution in [0.2, 0.25) is 0 Å². The summed E-state index contributed by atoms with van der Waals surface area (Å²) in [5, 5.41) is 3.55. The van der Waals surface area contributed by atoms with Crippen LogP contribution in [0.3, 0.4) is 0 Å². The van der Waals surface area contributed by atoms with Gasteiger partial charge in [-0.15, -0.1) is 11.3 Å². The largest absolute Gasteiger partial charge is 0.378 e. The lowest BCUT2D eigenvalue weighted by Crippen LogP contribution is -2.37. The van der Waals surface area contributed by atoms with Gasteiger partial charge in [-0.2, -0.15) is 0 Å². The molecule has 0 aromatic carbocycles. The van der Waals surface area contributed by atoms with E-state index in [0.29, 0.717) is 24.0 Å². The minimum Gasteiger partial charge on any atom is -0.378 e. The van der Waals surface area contributed by atoms with Crippen molar-refractivity contribution in [1.29, 1.82) is 0 Å². The highest BCUT2D eigenvalue weighted by atomic mass is 32.1. The number of hydrogen-bond donors (Lipinski definition) is 1. The van der Waals surface area contributed by atoms with E-state index >= 15 is 0 Å². The molecule has 4 rings (SSSR count). The normalized spacial score (nSPS) is 17.4. The summed E-state index contributed by atoms with van der Waals surface area (Å²) < 4.78 is 5.35. The van der Waals surface area contributed by atoms with E-state index in [0.717, 1.165) is 37.4 Å². The average molecular weight is 345 g/mol. The zero-order valence-corrected chi connectivity index (χ0v) is 14.1. The molecule has 0 spiro atoms. The van der Waals surface area contributed by atoms with E-state index in [9.17, 15) is 4.79 Å². The summed E-state index contributed by atoms with van der Waals surface area (Å²) in [6.45, 7) is 2.90. The van der Waals surface area contributed by atoms with Crippen molar-refractivity contribution in [3.63, 3.8) is 0 Å². The van der Waals surface area contributed by atoms with E-state index in [1.165, 1.54) is 24.0 Å². The lowest BCUT2D eigenvalue weighted by Gasteiger charge is -2.27. The van der Waals surface area contributed by atoms with Gasteiger partial charge in [0.25, 0.3) is 5.91 Å². The van der Waals surface area contributed by atoms with Crippen molar-refractivity contribution >= 4 is 28.2 Å². The molecule has 1 aliphatic carbocycles. The Hall–Kier alpha value is -2.06. The topological polar surface area (TPSA) is 80.2 Å². The number of aryl methyl sites for hydroxylation is 2. The Bertz CT molecular complexity index is 718. The minimum atomic E-state index is -0.238. The number of thiazole rings is 1. The van der Waals surface area contributed by atoms with Crippen molar-refractivity contribution in [2.24, 2.45) is 0 Å². The quantitative estimate of drug-likeness (QED) is 0.915. The summed E-state index contributed by atoms with van der Waals surface area (Å²) in [5.74, 6) is 0.523. The van der Waals surface area contributed by atoms with Crippen LogP contribution in [0.25, 0.3) is 0 Å². The Morgan fingerprint density at radius 1 is 1.21 bits per heavy atom. The van der Waals surface area contributed by atoms with Gasteiger partial charge in [0.05, 0.1) is 18.9 Å². The highest BCUT2D eigenvalue weighted by Crippen LogP contribution is 2.29. The fourth-order valence-electron chi connectivity index (χ4n) is 3.00. The van der Waals surface area contributed by atoms with Crippen LogP contribution >= 0.6 is 11.3 Å². The third-order valence-corrected chi connectivity index (χ3v) is 5.36. The second kappa shape index (κ2) is 6.82. The Labute approximate surface area is 144 Å². The molecule has 0 radical (unpaired) electrons. The van der Waals surface area contributed by atoms with Gasteiger partial charge >= 0.3 is 0 Å². The number of morpholine rings is 1. The van der Waals surface area contributed by atoms with Crippen molar-refractivity contribution < 1.29 is 9.53 Å². The van der Waals surface area contributed by atoms with E-state index in [1.54, 1.807) is 17.4 Å². The molecule has 24 heavy (non-hydrogen) atoms. The fraction of sp³-hybridized carbons (Fsp3) is 0.500. The second-order valence-corrected chi connectivity index (χ2v) is 6.99. The molecule has 0 unspecified atom stereocenters. The third-order valence-electron chi connectivity index (χ3n) is 4.29. The van der Waals surface area contributed by atoms with Crippen LogP contribution in [0.5, 0.6) is 0 Å². The molecule has 0 atom stereocenters. The van der Waals surface area contributed by atoms with Crippen molar-refractivity contribution in [3.8, 4) is 0 Å². The fourth-order valence-corrected chi connectivity index (χ4v) is 4.05. The number of nitrogens with zero attached hydrogens (tertiary/aromatic N) is 4. The van der Waals surface area contributed by atoms with E-state index < -0.39 is 0 Å². The lowest BCUT2D eigenvalue weighted by atomic mass is 10.0. The second-order valence-electron chi connectivity index (χ2n) is 5.91. The number of rotatable bonds is 3. The van der Waals surface area contributed by atoms with Crippen LogP contribution < -0.4 is 10.2 Å². The maximum atomic E-state index is 12.5. The zero-order chi connectivity index (χ0) is 16.4. The first-order valence-electron chi connectivity index (χ1n) is 8.24. The monoisotopic (exact) mass is 345 g/mol. The first-order valence-corrected chi connectivity index (χ1v) is 9.06. The molecule has 126 valence electrons. The molecule has 1 fully saturated rings. The first-order chi connectivity index (χ1) is 11.8. The van der Waals surface area contributed by atoms with Crippen LogP contribution in [-0.2, 0) is 17.6 Å². The number of fused-ring (bicyclic) bond motifs is 1. The Morgan fingerprint density at radius 2 is 2.04 bits per heavy atom. The highest BCUT2D eigenvalue weighted by Gasteiger charge is 2.19. The van der Waals surface area contributed by atoms with Crippen LogP contribution in [0.4, 0.5) is 10.9 Å². The van der Waals surface area contributed by atoms with Gasteiger partial charge in [-0.3, -0.25) is 10.1 Å². The van der Waals surface area contributed by atoms with Crippen LogP contribution in [0.1, 0.15) is 33.9 Å². The smallest absolute Gasteiger partial charge is 0.276 e. The molecule has 3 heterocycles. The zero-order valence-electron chi connectivity index (χ0n) is 13.3. The molecule has 1 saturated heterocycles. The van der Waals surface area contributed by atoms with E-state index in [1.807, 2.05) is 0 Å². The molecule has 1 aliphatic heterocycles. The molecular formula is C16H19N5O2S. The minimum absolute atomic E-state index is 0.238. The number of nitrogens with one attached hydrogen (secondary N) is 1. The van der Waals surface area contributed by atoms with Gasteiger partial charge in [0, 0.05) is 24.0 Å². The van der Waals surface area contributed by atoms with Crippen LogP contribution in [0.15, 0.2) is 12.4 Å². The van der Waals surface area contributed by atoms with Gasteiger partial charge in [-0.05, 0) is 25.7 Å². The summed E-state index contributed by atoms with van der Waals surface area (Å²) in [6.07, 6.45) is 5.90. The first kappa shape index (κ1) is 15.5. The summed E-state index contributed by atoms with van der Waals surface area (Å²) in [6, 6.07) is 1.73. The van der Waals surface area contributed by atoms with Gasteiger partial charge < -0.3 is 9.64 Å². The summed E-state index contributed by atoms with van der Waals surface area (Å²) in [4.78, 5) is 28.8. The van der Waals surface area contributed by atoms with Crippen molar-refractivity contribution in [3.05, 3.63) is 28.7 Å². The van der Waals surface area contributed by atoms with Gasteiger partial charge in [0.2, 0.25) is 0 Å². The number of ether oxygens (including phenoxy) is 1. The Balaban J connectivity index is 1.48. The van der Waals surface area contributed by atoms with Crippen molar-refractivity contribution in [1.82, 2.24) is 15.0 Å². The molecule has 8 heteroatoms. The van der Waals surface area contributed by atoms with Gasteiger partial charge in [-0.25, -0.2) is 15.0 Å². The summed E-state index contributed by atoms with van der Waals surface area (Å²) in [5.41, 5.74) is 1.50. The number of carbonyl (C=O) groups is 1. The average Bonchev–Trinajstić information content (AvgIpc) is 3.05. The summed E-state index contributed by atoms with van der Waals surface area (Å²) in [7, 11) is 0. The van der Waals surface area contributed by atoms with E-state index in [-0.39, 0.29) is 5.91 Å². The molecule has 0 bridgehead atoms. The molecule has 0 saturated carbocycles. The molecule has 2 aromatic heterocycles. The Morgan fingerprint density at radius 3 is 2.88 bits per heavy atom. The molecule has 2 aliphatic rings. The number of amides is 1. The molecular weight excluding hydrogens is 326 g/mol. The number of carbonyl (C=O) groups excluding carboxylic acids is 1. The maximum Gasteiger partial charge on any atom is 0.276 e. The van der Waals surface area contributed by atoms with Crippen molar-refractivity contribution in [2.75, 3.05) is 36.5 Å². The van der Waals surface area contributed by atoms with Crippen molar-refractivity contribution in [2.45, 2.75) is 25.7 Å². The van der Waals surface area contributed by atoms with Crippen LogP contribution in [0, 0.1) is 0 Å². The number of aromatic nitrogens is 3. The number of hydrogen-bond acceptors (Lipinski definition) is 7. The molecule has 2 aromatic rings. The molecule has 1 N–H and O–H groups in total. The predicted molar refractivity (Wildman–Crippen MR) is 91.8 cm³/mol. The van der Waals surface area contributed by atoms with E-state index in [4.69, 9.17) is 4.74 Å².